The maximum atomic E-state index is 2.43. The van der Waals surface area contributed by atoms with Gasteiger partial charge < -0.3 is 0 Å². The third-order valence-corrected chi connectivity index (χ3v) is 16.0. The highest BCUT2D eigenvalue weighted by atomic mass is 32.1. The van der Waals surface area contributed by atoms with Crippen molar-refractivity contribution in [2.45, 2.75) is 18.0 Å². The molecule has 138 valence electrons. The summed E-state index contributed by atoms with van der Waals surface area (Å²) in [5, 5.41) is 2.02. The van der Waals surface area contributed by atoms with Crippen LogP contribution < -0.4 is 0 Å². The summed E-state index contributed by atoms with van der Waals surface area (Å²) in [5.74, 6) is 0.837. The van der Waals surface area contributed by atoms with Crippen molar-refractivity contribution in [1.29, 1.82) is 0 Å². The van der Waals surface area contributed by atoms with Gasteiger partial charge in [-0.3, -0.25) is 0 Å². The average molecular weight is 398 g/mol. The van der Waals surface area contributed by atoms with Crippen LogP contribution in [0.4, 0.5) is 0 Å². The van der Waals surface area contributed by atoms with Crippen LogP contribution >= 0.6 is 15.2 Å². The molecule has 0 aromatic heterocycles. The van der Waals surface area contributed by atoms with E-state index in [1.807, 2.05) is 0 Å². The Morgan fingerprint density at radius 1 is 0.714 bits per heavy atom. The van der Waals surface area contributed by atoms with Crippen LogP contribution in [0.1, 0.15) is 29.5 Å². The lowest BCUT2D eigenvalue weighted by Crippen LogP contribution is -2.35. The first-order valence-electron chi connectivity index (χ1n) is 10.4. The van der Waals surface area contributed by atoms with Gasteiger partial charge in [-0.1, -0.05) is 98.6 Å². The summed E-state index contributed by atoms with van der Waals surface area (Å²) in [7, 11) is -0.0420. The lowest BCUT2D eigenvalue weighted by atomic mass is 9.74. The van der Waals surface area contributed by atoms with Gasteiger partial charge in [0.15, 0.2) is 0 Å². The van der Waals surface area contributed by atoms with E-state index in [4.69, 9.17) is 0 Å². The molecule has 4 unspecified atom stereocenters. The Labute approximate surface area is 170 Å². The average Bonchev–Trinajstić information content (AvgIpc) is 3.14. The van der Waals surface area contributed by atoms with Gasteiger partial charge in [0.1, 0.15) is 0 Å². The second kappa shape index (κ2) is 6.66. The van der Waals surface area contributed by atoms with Crippen molar-refractivity contribution < 1.29 is 0 Å². The van der Waals surface area contributed by atoms with Gasteiger partial charge in [-0.05, 0) is 66.3 Å². The highest BCUT2D eigenvalue weighted by Gasteiger charge is 2.65. The molecule has 0 saturated carbocycles. The Bertz CT molecular complexity index is 1030. The molecule has 0 nitrogen and oxygen atoms in total. The molecule has 6 rings (SSSR count). The Hall–Kier alpha value is -1.74. The maximum absolute atomic E-state index is 2.43. The number of hydrogen-bond donors (Lipinski definition) is 0. The topological polar surface area (TPSA) is 0 Å². The van der Waals surface area contributed by atoms with Gasteiger partial charge in [0.05, 0.1) is 0 Å². The minimum absolute atomic E-state index is 0.00243. The first kappa shape index (κ1) is 17.1. The molecule has 2 heteroatoms. The minimum Gasteiger partial charge on any atom is -0.0622 e. The van der Waals surface area contributed by atoms with Crippen LogP contribution in [-0.2, 0) is 5.16 Å². The molecule has 4 bridgehead atoms. The minimum atomic E-state index is -0.0396. The molecule has 4 atom stereocenters. The van der Waals surface area contributed by atoms with E-state index in [0.29, 0.717) is 0 Å². The predicted octanol–water partition coefficient (Wildman–Crippen LogP) is 7.77. The number of hydrogen-bond acceptors (Lipinski definition) is 0. The molecule has 0 N–H and O–H groups in total. The molecule has 0 radical (unpaired) electrons. The molecule has 28 heavy (non-hydrogen) atoms. The quantitative estimate of drug-likeness (QED) is 0.395. The highest BCUT2D eigenvalue weighted by molar-refractivity contribution is 8.36. The maximum Gasteiger partial charge on any atom is 0.0488 e. The van der Waals surface area contributed by atoms with Crippen LogP contribution in [0.2, 0.25) is 0 Å². The third-order valence-electron chi connectivity index (χ3n) is 6.80. The molecule has 3 aliphatic heterocycles. The van der Waals surface area contributed by atoms with E-state index in [1.165, 1.54) is 36.3 Å². The monoisotopic (exact) mass is 398 g/mol. The first-order valence-corrected chi connectivity index (χ1v) is 14.1. The first-order chi connectivity index (χ1) is 13.9. The molecule has 3 aromatic rings. The normalized spacial score (nSPS) is 30.6. The zero-order valence-corrected chi connectivity index (χ0v) is 17.7. The fraction of sp³-hybridized carbons (Fsp3) is 0.231. The molecule has 2 fully saturated rings. The summed E-state index contributed by atoms with van der Waals surface area (Å²) in [6.45, 7) is 0. The van der Waals surface area contributed by atoms with E-state index in [1.54, 1.807) is 16.5 Å². The van der Waals surface area contributed by atoms with Gasteiger partial charge >= 0.3 is 0 Å². The molecule has 3 heterocycles. The highest BCUT2D eigenvalue weighted by Crippen LogP contribution is 2.98. The molecule has 0 amide bonds. The second-order valence-electron chi connectivity index (χ2n) is 8.13. The van der Waals surface area contributed by atoms with Gasteiger partial charge in [0, 0.05) is 5.16 Å². The predicted molar refractivity (Wildman–Crippen MR) is 124 cm³/mol. The summed E-state index contributed by atoms with van der Waals surface area (Å²) >= 11 is 0. The Morgan fingerprint density at radius 3 is 2.00 bits per heavy atom. The molecule has 3 aliphatic rings. The SMILES string of the molecule is c1ccc(C2=C(c3ccccc3)C3(c4ccccc4)C4CCCP3P2C4)cc1. The molecule has 2 saturated heterocycles. The van der Waals surface area contributed by atoms with E-state index in [9.17, 15) is 0 Å². The standard InChI is InChI=1S/C26H24P2/c1-4-11-20(12-5-1)24-25(21-13-6-2-7-14-21)27-19-23-17-10-18-28(27)26(23,24)22-15-8-3-9-16-22/h1-9,11-16,23H,10,17-19H2. The van der Waals surface area contributed by atoms with Gasteiger partial charge in [-0.25, -0.2) is 0 Å². The number of allylic oxidation sites excluding steroid dienone is 1. The van der Waals surface area contributed by atoms with Crippen molar-refractivity contribution in [3.05, 3.63) is 108 Å². The summed E-state index contributed by atoms with van der Waals surface area (Å²) in [6.07, 6.45) is 5.76. The number of rotatable bonds is 3. The molecular formula is C26H24P2. The van der Waals surface area contributed by atoms with E-state index in [0.717, 1.165) is 5.92 Å². The molecule has 3 aromatic carbocycles. The van der Waals surface area contributed by atoms with Crippen LogP contribution in [0.15, 0.2) is 91.0 Å². The van der Waals surface area contributed by atoms with Crippen molar-refractivity contribution in [2.75, 3.05) is 12.3 Å². The lowest BCUT2D eigenvalue weighted by molar-refractivity contribution is 0.446. The van der Waals surface area contributed by atoms with Gasteiger partial charge in [0.2, 0.25) is 0 Å². The van der Waals surface area contributed by atoms with Crippen molar-refractivity contribution in [1.82, 2.24) is 0 Å². The Kier molecular flexibility index (Phi) is 4.08. The van der Waals surface area contributed by atoms with Crippen LogP contribution in [0.25, 0.3) is 10.9 Å². The third kappa shape index (κ3) is 2.26. The summed E-state index contributed by atoms with van der Waals surface area (Å²) in [4.78, 5) is 0. The van der Waals surface area contributed by atoms with Crippen molar-refractivity contribution >= 4 is 26.1 Å². The van der Waals surface area contributed by atoms with Crippen molar-refractivity contribution in [3.63, 3.8) is 0 Å². The van der Waals surface area contributed by atoms with Gasteiger partial charge in [-0.2, -0.15) is 0 Å². The van der Waals surface area contributed by atoms with Crippen LogP contribution in [-0.4, -0.2) is 12.3 Å². The summed E-state index contributed by atoms with van der Waals surface area (Å²) < 4.78 is 0. The zero-order valence-electron chi connectivity index (χ0n) is 16.0. The fourth-order valence-corrected chi connectivity index (χ4v) is 17.6. The van der Waals surface area contributed by atoms with E-state index in [2.05, 4.69) is 91.0 Å². The largest absolute Gasteiger partial charge is 0.0622 e. The van der Waals surface area contributed by atoms with Crippen LogP contribution in [0.3, 0.4) is 0 Å². The van der Waals surface area contributed by atoms with Crippen molar-refractivity contribution in [2.24, 2.45) is 5.92 Å². The van der Waals surface area contributed by atoms with E-state index < -0.39 is 0 Å². The van der Waals surface area contributed by atoms with Crippen LogP contribution in [0.5, 0.6) is 0 Å². The molecular weight excluding hydrogens is 374 g/mol. The summed E-state index contributed by atoms with van der Waals surface area (Å²) in [5.41, 5.74) is 6.24. The van der Waals surface area contributed by atoms with Gasteiger partial charge in [0.25, 0.3) is 0 Å². The van der Waals surface area contributed by atoms with Crippen LogP contribution in [0, 0.1) is 5.92 Å². The second-order valence-corrected chi connectivity index (χ2v) is 14.6. The van der Waals surface area contributed by atoms with E-state index in [-0.39, 0.29) is 20.4 Å². The Balaban J connectivity index is 1.70. The smallest absolute Gasteiger partial charge is 0.0488 e. The zero-order chi connectivity index (χ0) is 18.6. The molecule has 0 aliphatic carbocycles. The fourth-order valence-electron chi connectivity index (χ4n) is 5.85. The Morgan fingerprint density at radius 2 is 1.32 bits per heavy atom. The van der Waals surface area contributed by atoms with Crippen molar-refractivity contribution in [3.8, 4) is 0 Å². The summed E-state index contributed by atoms with van der Waals surface area (Å²) in [6, 6.07) is 34.3. The molecule has 0 spiro atoms. The van der Waals surface area contributed by atoms with E-state index >= 15 is 0 Å². The lowest BCUT2D eigenvalue weighted by Gasteiger charge is -2.44. The number of benzene rings is 3. The van der Waals surface area contributed by atoms with Gasteiger partial charge in [-0.15, -0.1) is 0 Å².